The van der Waals surface area contributed by atoms with Crippen LogP contribution in [0.4, 0.5) is 0 Å². The van der Waals surface area contributed by atoms with Gasteiger partial charge in [0.15, 0.2) is 0 Å². The van der Waals surface area contributed by atoms with Crippen molar-refractivity contribution in [3.63, 3.8) is 0 Å². The fourth-order valence-electron chi connectivity index (χ4n) is 2.17. The van der Waals surface area contributed by atoms with Gasteiger partial charge in [0.2, 0.25) is 0 Å². The Morgan fingerprint density at radius 2 is 2.24 bits per heavy atom. The van der Waals surface area contributed by atoms with Crippen LogP contribution in [0.5, 0.6) is 0 Å². The van der Waals surface area contributed by atoms with Gasteiger partial charge in [0.05, 0.1) is 29.5 Å². The molecular formula is C14H22ClN5S. The Labute approximate surface area is 134 Å². The fraction of sp³-hybridized carbons (Fsp3) is 0.500. The molecule has 1 atom stereocenters. The molecule has 0 aliphatic carbocycles. The molecule has 0 fully saturated rings. The molecule has 0 radical (unpaired) electrons. The minimum absolute atomic E-state index is 0.132. The summed E-state index contributed by atoms with van der Waals surface area (Å²) in [5.41, 5.74) is 3.80. The Kier molecular flexibility index (Phi) is 5.78. The Morgan fingerprint density at radius 1 is 1.48 bits per heavy atom. The number of nitrogens with two attached hydrogens (primary N) is 1. The monoisotopic (exact) mass is 327 g/mol. The quantitative estimate of drug-likeness (QED) is 0.605. The Bertz CT molecular complexity index is 578. The fourth-order valence-corrected chi connectivity index (χ4v) is 3.43. The van der Waals surface area contributed by atoms with Crippen molar-refractivity contribution in [2.24, 2.45) is 5.84 Å². The standard InChI is InChI=1S/C14H22ClN5S/c1-4-10-5-6-12(21-10)13(18-16)14-11(15)9-17-20(14)8-7-19(2)3/h5-6,9,13,18H,4,7-8,16H2,1-3H3. The van der Waals surface area contributed by atoms with E-state index in [1.807, 2.05) is 18.8 Å². The molecule has 116 valence electrons. The highest BCUT2D eigenvalue weighted by Gasteiger charge is 2.22. The van der Waals surface area contributed by atoms with E-state index in [0.29, 0.717) is 5.02 Å². The maximum absolute atomic E-state index is 6.34. The maximum atomic E-state index is 6.34. The molecule has 0 spiro atoms. The van der Waals surface area contributed by atoms with Gasteiger partial charge in [0, 0.05) is 16.3 Å². The summed E-state index contributed by atoms with van der Waals surface area (Å²) in [6.45, 7) is 3.82. The highest BCUT2D eigenvalue weighted by Crippen LogP contribution is 2.32. The third-order valence-corrected chi connectivity index (χ3v) is 4.93. The lowest BCUT2D eigenvalue weighted by molar-refractivity contribution is 0.366. The molecule has 0 amide bonds. The smallest absolute Gasteiger partial charge is 0.0985 e. The third kappa shape index (κ3) is 3.84. The second-order valence-corrected chi connectivity index (χ2v) is 6.77. The van der Waals surface area contributed by atoms with Gasteiger partial charge in [-0.05, 0) is 32.6 Å². The molecule has 2 rings (SSSR count). The molecule has 2 aromatic heterocycles. The van der Waals surface area contributed by atoms with Crippen molar-refractivity contribution in [1.82, 2.24) is 20.1 Å². The van der Waals surface area contributed by atoms with Gasteiger partial charge in [-0.1, -0.05) is 18.5 Å². The molecular weight excluding hydrogens is 306 g/mol. The summed E-state index contributed by atoms with van der Waals surface area (Å²) in [7, 11) is 4.08. The average molecular weight is 328 g/mol. The summed E-state index contributed by atoms with van der Waals surface area (Å²) < 4.78 is 1.93. The summed E-state index contributed by atoms with van der Waals surface area (Å²) in [6, 6.07) is 4.11. The number of likely N-dealkylation sites (N-methyl/N-ethyl adjacent to an activating group) is 1. The zero-order valence-corrected chi connectivity index (χ0v) is 14.2. The number of rotatable bonds is 7. The van der Waals surface area contributed by atoms with Gasteiger partial charge in [0.25, 0.3) is 0 Å². The second-order valence-electron chi connectivity index (χ2n) is 5.16. The van der Waals surface area contributed by atoms with E-state index in [1.54, 1.807) is 17.5 Å². The van der Waals surface area contributed by atoms with Gasteiger partial charge in [0.1, 0.15) is 0 Å². The number of nitrogens with one attached hydrogen (secondary N) is 1. The summed E-state index contributed by atoms with van der Waals surface area (Å²) in [5, 5.41) is 5.02. The van der Waals surface area contributed by atoms with Crippen molar-refractivity contribution in [3.8, 4) is 0 Å². The van der Waals surface area contributed by atoms with E-state index < -0.39 is 0 Å². The van der Waals surface area contributed by atoms with Crippen molar-refractivity contribution in [2.45, 2.75) is 25.9 Å². The topological polar surface area (TPSA) is 59.1 Å². The maximum Gasteiger partial charge on any atom is 0.0985 e. The van der Waals surface area contributed by atoms with Crippen LogP contribution in [0.2, 0.25) is 5.02 Å². The van der Waals surface area contributed by atoms with Crippen molar-refractivity contribution in [2.75, 3.05) is 20.6 Å². The second kappa shape index (κ2) is 7.38. The number of halogens is 1. The molecule has 1 unspecified atom stereocenters. The van der Waals surface area contributed by atoms with Gasteiger partial charge in [-0.2, -0.15) is 5.10 Å². The van der Waals surface area contributed by atoms with Gasteiger partial charge in [-0.3, -0.25) is 10.5 Å². The Hall–Kier alpha value is -0.920. The van der Waals surface area contributed by atoms with Gasteiger partial charge < -0.3 is 4.90 Å². The zero-order valence-electron chi connectivity index (χ0n) is 12.6. The minimum atomic E-state index is -0.132. The van der Waals surface area contributed by atoms with E-state index >= 15 is 0 Å². The first kappa shape index (κ1) is 16.5. The number of hydrogen-bond donors (Lipinski definition) is 2. The third-order valence-electron chi connectivity index (χ3n) is 3.35. The van der Waals surface area contributed by atoms with Crippen LogP contribution >= 0.6 is 22.9 Å². The number of hydrogen-bond acceptors (Lipinski definition) is 5. The molecule has 2 heterocycles. The van der Waals surface area contributed by atoms with Crippen LogP contribution in [0.25, 0.3) is 0 Å². The van der Waals surface area contributed by atoms with Crippen LogP contribution in [-0.4, -0.2) is 35.3 Å². The SMILES string of the molecule is CCc1ccc(C(NN)c2c(Cl)cnn2CCN(C)C)s1. The zero-order chi connectivity index (χ0) is 15.4. The summed E-state index contributed by atoms with van der Waals surface area (Å²) >= 11 is 8.09. The lowest BCUT2D eigenvalue weighted by Crippen LogP contribution is -2.31. The van der Waals surface area contributed by atoms with Gasteiger partial charge in [-0.15, -0.1) is 11.3 Å². The molecule has 0 aromatic carbocycles. The minimum Gasteiger partial charge on any atom is -0.308 e. The molecule has 2 aromatic rings. The molecule has 3 N–H and O–H groups in total. The van der Waals surface area contributed by atoms with E-state index in [2.05, 4.69) is 34.5 Å². The number of thiophene rings is 1. The molecule has 0 bridgehead atoms. The molecule has 21 heavy (non-hydrogen) atoms. The van der Waals surface area contributed by atoms with E-state index in [1.165, 1.54) is 4.88 Å². The Balaban J connectivity index is 2.30. The lowest BCUT2D eigenvalue weighted by Gasteiger charge is -2.18. The van der Waals surface area contributed by atoms with Crippen LogP contribution in [0.3, 0.4) is 0 Å². The summed E-state index contributed by atoms with van der Waals surface area (Å²) in [6.07, 6.45) is 2.71. The number of aromatic nitrogens is 2. The van der Waals surface area contributed by atoms with Crippen LogP contribution in [0.1, 0.15) is 28.4 Å². The van der Waals surface area contributed by atoms with E-state index in [4.69, 9.17) is 17.4 Å². The van der Waals surface area contributed by atoms with Gasteiger partial charge in [-0.25, -0.2) is 5.43 Å². The predicted octanol–water partition coefficient (Wildman–Crippen LogP) is 2.27. The summed E-state index contributed by atoms with van der Waals surface area (Å²) in [4.78, 5) is 4.61. The first-order chi connectivity index (χ1) is 10.1. The molecule has 0 aliphatic rings. The van der Waals surface area contributed by atoms with Crippen LogP contribution in [0.15, 0.2) is 18.3 Å². The molecule has 0 saturated heterocycles. The largest absolute Gasteiger partial charge is 0.308 e. The normalized spacial score (nSPS) is 13.0. The van der Waals surface area contributed by atoms with Crippen molar-refractivity contribution in [1.29, 1.82) is 0 Å². The molecule has 5 nitrogen and oxygen atoms in total. The van der Waals surface area contributed by atoms with Crippen LogP contribution < -0.4 is 11.3 Å². The van der Waals surface area contributed by atoms with E-state index in [9.17, 15) is 0 Å². The van der Waals surface area contributed by atoms with Gasteiger partial charge >= 0.3 is 0 Å². The first-order valence-electron chi connectivity index (χ1n) is 6.97. The van der Waals surface area contributed by atoms with Crippen molar-refractivity contribution >= 4 is 22.9 Å². The highest BCUT2D eigenvalue weighted by molar-refractivity contribution is 7.12. The average Bonchev–Trinajstić information content (AvgIpc) is 3.06. The highest BCUT2D eigenvalue weighted by atomic mass is 35.5. The van der Waals surface area contributed by atoms with Crippen molar-refractivity contribution in [3.05, 3.63) is 38.8 Å². The summed E-state index contributed by atoms with van der Waals surface area (Å²) in [5.74, 6) is 5.79. The van der Waals surface area contributed by atoms with Crippen molar-refractivity contribution < 1.29 is 0 Å². The number of aryl methyl sites for hydroxylation is 1. The van der Waals surface area contributed by atoms with Crippen LogP contribution in [0, 0.1) is 0 Å². The number of nitrogens with zero attached hydrogens (tertiary/aromatic N) is 3. The Morgan fingerprint density at radius 3 is 2.81 bits per heavy atom. The van der Waals surface area contributed by atoms with E-state index in [0.717, 1.165) is 30.1 Å². The molecule has 7 heteroatoms. The number of hydrazine groups is 1. The first-order valence-corrected chi connectivity index (χ1v) is 8.17. The lowest BCUT2D eigenvalue weighted by atomic mass is 10.1. The van der Waals surface area contributed by atoms with E-state index in [-0.39, 0.29) is 6.04 Å². The molecule has 0 aliphatic heterocycles. The van der Waals surface area contributed by atoms with Crippen LogP contribution in [-0.2, 0) is 13.0 Å². The molecule has 0 saturated carbocycles. The predicted molar refractivity (Wildman–Crippen MR) is 88.7 cm³/mol.